The van der Waals surface area contributed by atoms with Gasteiger partial charge in [-0.2, -0.15) is 0 Å². The first-order valence-corrected chi connectivity index (χ1v) is 7.19. The van der Waals surface area contributed by atoms with Crippen molar-refractivity contribution in [2.24, 2.45) is 0 Å². The Labute approximate surface area is 128 Å². The van der Waals surface area contributed by atoms with Crippen LogP contribution in [0.3, 0.4) is 0 Å². The van der Waals surface area contributed by atoms with Crippen LogP contribution in [0.1, 0.15) is 39.4 Å². The summed E-state index contributed by atoms with van der Waals surface area (Å²) in [7, 11) is 0. The number of aryl methyl sites for hydroxylation is 3. The Balaban J connectivity index is 1.80. The molecule has 116 valence electrons. The fourth-order valence-electron chi connectivity index (χ4n) is 2.61. The topological polar surface area (TPSA) is 81.4 Å². The van der Waals surface area contributed by atoms with E-state index < -0.39 is 0 Å². The molecule has 2 aromatic rings. The molecule has 1 fully saturated rings. The van der Waals surface area contributed by atoms with Crippen molar-refractivity contribution >= 4 is 5.91 Å². The third-order valence-corrected chi connectivity index (χ3v) is 3.73. The molecule has 1 amide bonds. The van der Waals surface area contributed by atoms with Gasteiger partial charge in [0.25, 0.3) is 5.91 Å². The monoisotopic (exact) mass is 302 g/mol. The minimum atomic E-state index is -0.236. The first-order chi connectivity index (χ1) is 10.6. The molecule has 0 spiro atoms. The van der Waals surface area contributed by atoms with E-state index in [4.69, 9.17) is 9.26 Å². The fourth-order valence-corrected chi connectivity index (χ4v) is 2.61. The molecule has 0 saturated carbocycles. The zero-order valence-corrected chi connectivity index (χ0v) is 12.9. The van der Waals surface area contributed by atoms with Crippen LogP contribution in [-0.2, 0) is 4.74 Å². The van der Waals surface area contributed by atoms with Gasteiger partial charge in [-0.05, 0) is 26.8 Å². The summed E-state index contributed by atoms with van der Waals surface area (Å²) in [4.78, 5) is 22.9. The van der Waals surface area contributed by atoms with E-state index in [0.717, 1.165) is 5.69 Å². The minimum Gasteiger partial charge on any atom is -0.368 e. The second kappa shape index (κ2) is 5.84. The van der Waals surface area contributed by atoms with Gasteiger partial charge in [-0.3, -0.25) is 4.79 Å². The molecule has 0 radical (unpaired) electrons. The molecule has 1 atom stereocenters. The lowest BCUT2D eigenvalue weighted by Gasteiger charge is -2.32. The molecule has 0 N–H and O–H groups in total. The van der Waals surface area contributed by atoms with Crippen molar-refractivity contribution in [2.45, 2.75) is 26.9 Å². The van der Waals surface area contributed by atoms with Crippen LogP contribution < -0.4 is 0 Å². The van der Waals surface area contributed by atoms with Crippen LogP contribution in [0.25, 0.3) is 0 Å². The Bertz CT molecular complexity index is 678. The van der Waals surface area contributed by atoms with E-state index in [0.29, 0.717) is 42.5 Å². The van der Waals surface area contributed by atoms with Crippen LogP contribution in [-0.4, -0.2) is 45.6 Å². The van der Waals surface area contributed by atoms with Gasteiger partial charge in [0.1, 0.15) is 23.3 Å². The predicted octanol–water partition coefficient (Wildman–Crippen LogP) is 1.60. The number of carbonyl (C=O) groups excluding carboxylic acids is 1. The SMILES string of the molecule is Cc1nccc(C2CN(C(=O)c3c(C)noc3C)CCO2)n1. The van der Waals surface area contributed by atoms with Gasteiger partial charge in [0.15, 0.2) is 0 Å². The van der Waals surface area contributed by atoms with Gasteiger partial charge < -0.3 is 14.2 Å². The highest BCUT2D eigenvalue weighted by molar-refractivity contribution is 5.96. The number of carbonyl (C=O) groups is 1. The van der Waals surface area contributed by atoms with Gasteiger partial charge in [-0.15, -0.1) is 0 Å². The fraction of sp³-hybridized carbons (Fsp3) is 0.467. The van der Waals surface area contributed by atoms with Gasteiger partial charge in [-0.1, -0.05) is 5.16 Å². The number of amides is 1. The zero-order chi connectivity index (χ0) is 15.7. The van der Waals surface area contributed by atoms with Crippen molar-refractivity contribution in [1.82, 2.24) is 20.0 Å². The molecule has 0 aliphatic carbocycles. The lowest BCUT2D eigenvalue weighted by molar-refractivity contribution is -0.0249. The van der Waals surface area contributed by atoms with Crippen LogP contribution in [0.5, 0.6) is 0 Å². The van der Waals surface area contributed by atoms with Gasteiger partial charge in [0.05, 0.1) is 24.5 Å². The van der Waals surface area contributed by atoms with Gasteiger partial charge in [0, 0.05) is 12.7 Å². The second-order valence-electron chi connectivity index (χ2n) is 5.34. The van der Waals surface area contributed by atoms with Crippen molar-refractivity contribution in [3.05, 3.63) is 40.8 Å². The molecule has 22 heavy (non-hydrogen) atoms. The molecule has 0 aromatic carbocycles. The highest BCUT2D eigenvalue weighted by atomic mass is 16.5. The molecule has 1 aliphatic rings. The Morgan fingerprint density at radius 3 is 2.86 bits per heavy atom. The summed E-state index contributed by atoms with van der Waals surface area (Å²) in [6, 6.07) is 1.82. The maximum atomic E-state index is 12.7. The summed E-state index contributed by atoms with van der Waals surface area (Å²) in [5, 5.41) is 3.85. The third-order valence-electron chi connectivity index (χ3n) is 3.73. The molecule has 7 heteroatoms. The van der Waals surface area contributed by atoms with Crippen molar-refractivity contribution in [3.8, 4) is 0 Å². The van der Waals surface area contributed by atoms with Crippen LogP contribution in [0.2, 0.25) is 0 Å². The molecule has 2 aromatic heterocycles. The highest BCUT2D eigenvalue weighted by Gasteiger charge is 2.30. The molecular formula is C15H18N4O3. The van der Waals surface area contributed by atoms with E-state index >= 15 is 0 Å². The maximum Gasteiger partial charge on any atom is 0.259 e. The minimum absolute atomic E-state index is 0.0738. The number of hydrogen-bond donors (Lipinski definition) is 0. The van der Waals surface area contributed by atoms with E-state index in [-0.39, 0.29) is 12.0 Å². The Morgan fingerprint density at radius 1 is 1.36 bits per heavy atom. The second-order valence-corrected chi connectivity index (χ2v) is 5.34. The predicted molar refractivity (Wildman–Crippen MR) is 77.3 cm³/mol. The first kappa shape index (κ1) is 14.6. The van der Waals surface area contributed by atoms with Crippen LogP contribution in [0.15, 0.2) is 16.8 Å². The van der Waals surface area contributed by atoms with Gasteiger partial charge in [0.2, 0.25) is 0 Å². The molecule has 1 saturated heterocycles. The van der Waals surface area contributed by atoms with E-state index in [9.17, 15) is 4.79 Å². The summed E-state index contributed by atoms with van der Waals surface area (Å²) in [6.07, 6.45) is 1.47. The number of nitrogens with zero attached hydrogens (tertiary/aromatic N) is 4. The van der Waals surface area contributed by atoms with Crippen molar-refractivity contribution in [1.29, 1.82) is 0 Å². The summed E-state index contributed by atoms with van der Waals surface area (Å²) < 4.78 is 10.8. The van der Waals surface area contributed by atoms with E-state index in [2.05, 4.69) is 15.1 Å². The molecular weight excluding hydrogens is 284 g/mol. The number of morpholine rings is 1. The smallest absolute Gasteiger partial charge is 0.259 e. The third kappa shape index (κ3) is 2.71. The average Bonchev–Trinajstić information content (AvgIpc) is 2.86. The zero-order valence-electron chi connectivity index (χ0n) is 12.9. The normalized spacial score (nSPS) is 18.5. The van der Waals surface area contributed by atoms with Crippen molar-refractivity contribution < 1.29 is 14.1 Å². The molecule has 1 unspecified atom stereocenters. The standard InChI is InChI=1S/C15H18N4O3/c1-9-14(10(2)22-18-9)15(20)19-6-7-21-13(8-19)12-4-5-16-11(3)17-12/h4-5,13H,6-8H2,1-3H3. The summed E-state index contributed by atoms with van der Waals surface area (Å²) in [5.74, 6) is 1.16. The summed E-state index contributed by atoms with van der Waals surface area (Å²) in [5.41, 5.74) is 1.95. The summed E-state index contributed by atoms with van der Waals surface area (Å²) >= 11 is 0. The number of aromatic nitrogens is 3. The number of ether oxygens (including phenoxy) is 1. The maximum absolute atomic E-state index is 12.7. The first-order valence-electron chi connectivity index (χ1n) is 7.19. The van der Waals surface area contributed by atoms with Gasteiger partial charge in [-0.25, -0.2) is 9.97 Å². The van der Waals surface area contributed by atoms with Crippen molar-refractivity contribution in [2.75, 3.05) is 19.7 Å². The molecule has 3 rings (SSSR count). The van der Waals surface area contributed by atoms with Gasteiger partial charge >= 0.3 is 0 Å². The molecule has 3 heterocycles. The quantitative estimate of drug-likeness (QED) is 0.838. The average molecular weight is 302 g/mol. The lowest BCUT2D eigenvalue weighted by atomic mass is 10.1. The Hall–Kier alpha value is -2.28. The number of rotatable bonds is 2. The van der Waals surface area contributed by atoms with E-state index in [1.54, 1.807) is 24.9 Å². The van der Waals surface area contributed by atoms with Crippen LogP contribution in [0.4, 0.5) is 0 Å². The van der Waals surface area contributed by atoms with E-state index in [1.165, 1.54) is 0 Å². The van der Waals surface area contributed by atoms with Crippen LogP contribution in [0, 0.1) is 20.8 Å². The highest BCUT2D eigenvalue weighted by Crippen LogP contribution is 2.23. The van der Waals surface area contributed by atoms with E-state index in [1.807, 2.05) is 13.0 Å². The number of hydrogen-bond acceptors (Lipinski definition) is 6. The van der Waals surface area contributed by atoms with Crippen molar-refractivity contribution in [3.63, 3.8) is 0 Å². The Morgan fingerprint density at radius 2 is 2.18 bits per heavy atom. The van der Waals surface area contributed by atoms with Crippen LogP contribution >= 0.6 is 0 Å². The molecule has 0 bridgehead atoms. The Kier molecular flexibility index (Phi) is 3.89. The molecule has 7 nitrogen and oxygen atoms in total. The molecule has 1 aliphatic heterocycles. The summed E-state index contributed by atoms with van der Waals surface area (Å²) in [6.45, 7) is 6.83. The largest absolute Gasteiger partial charge is 0.368 e. The lowest BCUT2D eigenvalue weighted by Crippen LogP contribution is -2.42.